The molecule has 3 aromatic carbocycles. The quantitative estimate of drug-likeness (QED) is 0.358. The molecule has 0 saturated carbocycles. The van der Waals surface area contributed by atoms with E-state index in [9.17, 15) is 15.2 Å². The maximum Gasteiger partial charge on any atom is 0.305 e. The van der Waals surface area contributed by atoms with Crippen molar-refractivity contribution in [2.45, 2.75) is 31.7 Å². The molecular formula is C28H27N3O2. The van der Waals surface area contributed by atoms with E-state index in [2.05, 4.69) is 54.4 Å². The first-order valence-electron chi connectivity index (χ1n) is 11.0. The summed E-state index contributed by atoms with van der Waals surface area (Å²) in [5, 5.41) is 24.5. The van der Waals surface area contributed by atoms with Crippen LogP contribution in [0.2, 0.25) is 0 Å². The fourth-order valence-corrected chi connectivity index (χ4v) is 4.69. The molecule has 0 aromatic heterocycles. The van der Waals surface area contributed by atoms with Crippen LogP contribution < -0.4 is 10.2 Å². The molecule has 1 heterocycles. The van der Waals surface area contributed by atoms with Crippen LogP contribution >= 0.6 is 0 Å². The lowest BCUT2D eigenvalue weighted by Gasteiger charge is -2.32. The maximum atomic E-state index is 11.4. The first kappa shape index (κ1) is 22.2. The SMILES string of the molecule is CC1(C)c2c(ccc3ccccc23)N(CCC(=O)O)C1/C=C/C(C#N)=C/Nc1ccccc1. The number of hydrogen-bond acceptors (Lipinski definition) is 4. The fraction of sp³-hybridized carbons (Fsp3) is 0.214. The molecule has 1 aliphatic heterocycles. The highest BCUT2D eigenvalue weighted by Gasteiger charge is 2.44. The summed E-state index contributed by atoms with van der Waals surface area (Å²) in [6.45, 7) is 4.77. The third-order valence-electron chi connectivity index (χ3n) is 6.26. The molecule has 4 rings (SSSR count). The Morgan fingerprint density at radius 3 is 2.58 bits per heavy atom. The third-order valence-corrected chi connectivity index (χ3v) is 6.26. The number of carbonyl (C=O) groups is 1. The molecule has 2 N–H and O–H groups in total. The van der Waals surface area contributed by atoms with Crippen molar-refractivity contribution >= 4 is 28.1 Å². The average Bonchev–Trinajstić information content (AvgIpc) is 3.04. The summed E-state index contributed by atoms with van der Waals surface area (Å²) in [5.41, 5.74) is 3.39. The number of allylic oxidation sites excluding steroid dienone is 2. The topological polar surface area (TPSA) is 76.4 Å². The van der Waals surface area contributed by atoms with E-state index in [4.69, 9.17) is 0 Å². The molecule has 33 heavy (non-hydrogen) atoms. The zero-order chi connectivity index (χ0) is 23.4. The van der Waals surface area contributed by atoms with Gasteiger partial charge in [0.15, 0.2) is 0 Å². The number of aliphatic carboxylic acids is 1. The summed E-state index contributed by atoms with van der Waals surface area (Å²) in [6, 6.07) is 24.3. The van der Waals surface area contributed by atoms with E-state index in [0.717, 1.165) is 16.8 Å². The van der Waals surface area contributed by atoms with Crippen molar-refractivity contribution in [1.82, 2.24) is 0 Å². The van der Waals surface area contributed by atoms with Gasteiger partial charge in [-0.1, -0.05) is 68.5 Å². The van der Waals surface area contributed by atoms with Crippen molar-refractivity contribution in [3.63, 3.8) is 0 Å². The number of nitriles is 1. The van der Waals surface area contributed by atoms with Crippen LogP contribution in [0.4, 0.5) is 11.4 Å². The van der Waals surface area contributed by atoms with E-state index in [1.165, 1.54) is 10.9 Å². The van der Waals surface area contributed by atoms with Crippen LogP contribution in [0.15, 0.2) is 90.7 Å². The minimum atomic E-state index is -0.825. The number of rotatable bonds is 7. The molecule has 0 amide bonds. The Hall–Kier alpha value is -4.04. The molecule has 166 valence electrons. The molecule has 0 spiro atoms. The fourth-order valence-electron chi connectivity index (χ4n) is 4.69. The predicted octanol–water partition coefficient (Wildman–Crippen LogP) is 5.86. The van der Waals surface area contributed by atoms with Crippen LogP contribution in [0.3, 0.4) is 0 Å². The van der Waals surface area contributed by atoms with Gasteiger partial charge in [0.05, 0.1) is 18.0 Å². The van der Waals surface area contributed by atoms with Crippen molar-refractivity contribution in [1.29, 1.82) is 5.26 Å². The molecule has 0 aliphatic carbocycles. The zero-order valence-electron chi connectivity index (χ0n) is 18.8. The molecule has 1 aliphatic rings. The van der Waals surface area contributed by atoms with Crippen LogP contribution in [0, 0.1) is 11.3 Å². The Labute approximate surface area is 194 Å². The standard InChI is InChI=1S/C28H27N3O2/c1-28(2)25(15-12-20(18-29)19-30-22-9-4-3-5-10-22)31(17-16-26(32)33)24-14-13-21-8-6-7-11-23(21)27(24)28/h3-15,19,25,30H,16-17H2,1-2H3,(H,32,33)/b15-12+,20-19-. The summed E-state index contributed by atoms with van der Waals surface area (Å²) in [7, 11) is 0. The molecule has 1 unspecified atom stereocenters. The second kappa shape index (κ2) is 9.22. The molecule has 3 aromatic rings. The number of nitrogens with one attached hydrogen (secondary N) is 1. The summed E-state index contributed by atoms with van der Waals surface area (Å²) in [6.07, 6.45) is 5.59. The van der Waals surface area contributed by atoms with E-state index in [1.807, 2.05) is 54.6 Å². The minimum absolute atomic E-state index is 0.0448. The summed E-state index contributed by atoms with van der Waals surface area (Å²) >= 11 is 0. The van der Waals surface area contributed by atoms with Gasteiger partial charge in [-0.3, -0.25) is 4.79 Å². The van der Waals surface area contributed by atoms with E-state index in [-0.39, 0.29) is 17.9 Å². The van der Waals surface area contributed by atoms with Gasteiger partial charge in [-0.05, 0) is 40.6 Å². The molecule has 1 atom stereocenters. The Morgan fingerprint density at radius 2 is 1.85 bits per heavy atom. The van der Waals surface area contributed by atoms with Crippen LogP contribution in [-0.4, -0.2) is 23.7 Å². The van der Waals surface area contributed by atoms with Crippen molar-refractivity contribution in [3.8, 4) is 6.07 Å². The molecule has 0 bridgehead atoms. The molecule has 0 fully saturated rings. The van der Waals surface area contributed by atoms with Crippen LogP contribution in [0.5, 0.6) is 0 Å². The number of nitrogens with zero attached hydrogens (tertiary/aromatic N) is 2. The van der Waals surface area contributed by atoms with Gasteiger partial charge in [-0.2, -0.15) is 5.26 Å². The summed E-state index contributed by atoms with van der Waals surface area (Å²) in [5.74, 6) is -0.825. The number of para-hydroxylation sites is 1. The van der Waals surface area contributed by atoms with Crippen molar-refractivity contribution in [2.75, 3.05) is 16.8 Å². The molecule has 0 saturated heterocycles. The number of carboxylic acid groups (broad SMARTS) is 1. The third kappa shape index (κ3) is 4.47. The highest BCUT2D eigenvalue weighted by atomic mass is 16.4. The molecule has 5 nitrogen and oxygen atoms in total. The van der Waals surface area contributed by atoms with Gasteiger partial charge in [-0.15, -0.1) is 0 Å². The largest absolute Gasteiger partial charge is 0.481 e. The normalized spacial score (nSPS) is 17.2. The van der Waals surface area contributed by atoms with Gasteiger partial charge in [0.1, 0.15) is 6.07 Å². The molecular weight excluding hydrogens is 410 g/mol. The van der Waals surface area contributed by atoms with Gasteiger partial charge in [0.25, 0.3) is 0 Å². The second-order valence-corrected chi connectivity index (χ2v) is 8.77. The maximum absolute atomic E-state index is 11.4. The Kier molecular flexibility index (Phi) is 6.19. The van der Waals surface area contributed by atoms with Crippen LogP contribution in [-0.2, 0) is 10.2 Å². The number of hydrogen-bond donors (Lipinski definition) is 2. The Morgan fingerprint density at radius 1 is 1.12 bits per heavy atom. The lowest BCUT2D eigenvalue weighted by molar-refractivity contribution is -0.136. The average molecular weight is 438 g/mol. The highest BCUT2D eigenvalue weighted by Crippen LogP contribution is 2.49. The molecule has 0 radical (unpaired) electrons. The van der Waals surface area contributed by atoms with Gasteiger partial charge < -0.3 is 15.3 Å². The zero-order valence-corrected chi connectivity index (χ0v) is 18.8. The van der Waals surface area contributed by atoms with Crippen molar-refractivity contribution < 1.29 is 9.90 Å². The number of benzene rings is 3. The lowest BCUT2D eigenvalue weighted by atomic mass is 9.78. The Balaban J connectivity index is 1.71. The molecule has 5 heteroatoms. The Bertz CT molecular complexity index is 1270. The second-order valence-electron chi connectivity index (χ2n) is 8.77. The number of fused-ring (bicyclic) bond motifs is 3. The lowest BCUT2D eigenvalue weighted by Crippen LogP contribution is -2.41. The van der Waals surface area contributed by atoms with Gasteiger partial charge in [0, 0.05) is 29.5 Å². The number of carboxylic acids is 1. The predicted molar refractivity (Wildman–Crippen MR) is 133 cm³/mol. The van der Waals surface area contributed by atoms with Gasteiger partial charge in [0.2, 0.25) is 0 Å². The van der Waals surface area contributed by atoms with E-state index >= 15 is 0 Å². The van der Waals surface area contributed by atoms with E-state index < -0.39 is 5.97 Å². The highest BCUT2D eigenvalue weighted by molar-refractivity contribution is 5.93. The van der Waals surface area contributed by atoms with E-state index in [0.29, 0.717) is 12.1 Å². The summed E-state index contributed by atoms with van der Waals surface area (Å²) in [4.78, 5) is 13.5. The monoisotopic (exact) mass is 437 g/mol. The number of anilines is 2. The first-order valence-corrected chi connectivity index (χ1v) is 11.0. The van der Waals surface area contributed by atoms with Crippen LogP contribution in [0.1, 0.15) is 25.8 Å². The summed E-state index contributed by atoms with van der Waals surface area (Å²) < 4.78 is 0. The van der Waals surface area contributed by atoms with Gasteiger partial charge in [-0.25, -0.2) is 0 Å². The smallest absolute Gasteiger partial charge is 0.305 e. The van der Waals surface area contributed by atoms with E-state index in [1.54, 1.807) is 6.20 Å². The van der Waals surface area contributed by atoms with Crippen molar-refractivity contribution in [2.24, 2.45) is 0 Å². The van der Waals surface area contributed by atoms with Crippen LogP contribution in [0.25, 0.3) is 10.8 Å². The minimum Gasteiger partial charge on any atom is -0.481 e. The first-order chi connectivity index (χ1) is 15.9. The van der Waals surface area contributed by atoms with Crippen molar-refractivity contribution in [3.05, 3.63) is 96.2 Å². The van der Waals surface area contributed by atoms with Gasteiger partial charge >= 0.3 is 5.97 Å².